The maximum Gasteiger partial charge on any atom is 0.326 e. The smallest absolute Gasteiger partial charge is 0.326 e. The first-order chi connectivity index (χ1) is 9.78. The van der Waals surface area contributed by atoms with Gasteiger partial charge >= 0.3 is 5.69 Å². The summed E-state index contributed by atoms with van der Waals surface area (Å²) in [5.74, 6) is 0.984. The molecule has 2 heterocycles. The molecule has 7 nitrogen and oxygen atoms in total. The summed E-state index contributed by atoms with van der Waals surface area (Å²) in [5, 5.41) is 3.85. The van der Waals surface area contributed by atoms with Gasteiger partial charge in [-0.1, -0.05) is 17.3 Å². The second kappa shape index (κ2) is 5.30. The van der Waals surface area contributed by atoms with Gasteiger partial charge in [0, 0.05) is 13.5 Å². The number of hydrogen-bond acceptors (Lipinski definition) is 5. The molecule has 3 rings (SSSR count). The van der Waals surface area contributed by atoms with Gasteiger partial charge in [0.15, 0.2) is 5.82 Å². The Bertz CT molecular complexity index is 771. The molecule has 0 unspecified atom stereocenters. The molecule has 0 radical (unpaired) electrons. The van der Waals surface area contributed by atoms with Crippen LogP contribution in [0.2, 0.25) is 0 Å². The fraction of sp³-hybridized carbons (Fsp3) is 0.308. The van der Waals surface area contributed by atoms with Crippen LogP contribution in [0.5, 0.6) is 0 Å². The minimum Gasteiger partial charge on any atom is -0.384 e. The Morgan fingerprint density at radius 2 is 2.25 bits per heavy atom. The van der Waals surface area contributed by atoms with Gasteiger partial charge in [0.25, 0.3) is 0 Å². The van der Waals surface area contributed by atoms with E-state index in [0.717, 1.165) is 11.0 Å². The Hall–Kier alpha value is -2.41. The number of aromatic amines is 1. The van der Waals surface area contributed by atoms with E-state index in [9.17, 15) is 4.79 Å². The van der Waals surface area contributed by atoms with Crippen molar-refractivity contribution in [1.29, 1.82) is 0 Å². The maximum absolute atomic E-state index is 11.9. The number of ether oxygens (including phenoxy) is 1. The zero-order chi connectivity index (χ0) is 13.9. The first-order valence-electron chi connectivity index (χ1n) is 6.26. The molecule has 0 saturated carbocycles. The van der Waals surface area contributed by atoms with Gasteiger partial charge in [-0.25, -0.2) is 4.79 Å². The first kappa shape index (κ1) is 12.6. The van der Waals surface area contributed by atoms with Crippen LogP contribution in [0.3, 0.4) is 0 Å². The molecule has 0 atom stereocenters. The molecule has 1 aromatic carbocycles. The minimum atomic E-state index is -0.192. The fourth-order valence-corrected chi connectivity index (χ4v) is 2.05. The molecule has 104 valence electrons. The van der Waals surface area contributed by atoms with E-state index in [4.69, 9.17) is 9.26 Å². The van der Waals surface area contributed by atoms with E-state index in [0.29, 0.717) is 24.7 Å². The summed E-state index contributed by atoms with van der Waals surface area (Å²) < 4.78 is 11.7. The second-order valence-electron chi connectivity index (χ2n) is 4.38. The number of rotatable bonds is 5. The Kier molecular flexibility index (Phi) is 3.34. The van der Waals surface area contributed by atoms with E-state index in [1.807, 2.05) is 24.3 Å². The number of hydrogen-bond donors (Lipinski definition) is 1. The van der Waals surface area contributed by atoms with Crippen molar-refractivity contribution in [3.63, 3.8) is 0 Å². The second-order valence-corrected chi connectivity index (χ2v) is 4.38. The average molecular weight is 274 g/mol. The third-order valence-corrected chi connectivity index (χ3v) is 3.01. The lowest BCUT2D eigenvalue weighted by molar-refractivity contribution is 0.199. The van der Waals surface area contributed by atoms with Crippen molar-refractivity contribution in [2.24, 2.45) is 0 Å². The molecule has 0 amide bonds. The van der Waals surface area contributed by atoms with Crippen molar-refractivity contribution in [3.05, 3.63) is 46.5 Å². The third-order valence-electron chi connectivity index (χ3n) is 3.01. The zero-order valence-corrected chi connectivity index (χ0v) is 11.0. The van der Waals surface area contributed by atoms with E-state index in [1.54, 1.807) is 11.7 Å². The fourth-order valence-electron chi connectivity index (χ4n) is 2.05. The number of imidazole rings is 1. The molecule has 0 bridgehead atoms. The zero-order valence-electron chi connectivity index (χ0n) is 11.0. The van der Waals surface area contributed by atoms with Gasteiger partial charge in [-0.15, -0.1) is 0 Å². The van der Waals surface area contributed by atoms with Crippen molar-refractivity contribution in [1.82, 2.24) is 19.7 Å². The normalized spacial score (nSPS) is 11.2. The minimum absolute atomic E-state index is 0.192. The molecule has 0 aliphatic carbocycles. The highest BCUT2D eigenvalue weighted by atomic mass is 16.5. The predicted octanol–water partition coefficient (Wildman–Crippen LogP) is 0.950. The van der Waals surface area contributed by atoms with Gasteiger partial charge in [-0.2, -0.15) is 4.98 Å². The summed E-state index contributed by atoms with van der Waals surface area (Å²) in [6.45, 7) is 0.787. The Morgan fingerprint density at radius 1 is 1.40 bits per heavy atom. The Morgan fingerprint density at radius 3 is 3.10 bits per heavy atom. The van der Waals surface area contributed by atoms with Crippen LogP contribution < -0.4 is 5.69 Å². The largest absolute Gasteiger partial charge is 0.384 e. The summed E-state index contributed by atoms with van der Waals surface area (Å²) in [4.78, 5) is 18.9. The molecular formula is C13H14N4O3. The van der Waals surface area contributed by atoms with E-state index in [-0.39, 0.29) is 12.2 Å². The number of fused-ring (bicyclic) bond motifs is 1. The number of para-hydroxylation sites is 2. The standard InChI is InChI=1S/C13H14N4O3/c1-19-7-6-11-15-12(20-16-11)8-17-10-5-3-2-4-9(10)14-13(17)18/h2-5H,6-8H2,1H3,(H,14,18). The molecule has 0 fully saturated rings. The van der Waals surface area contributed by atoms with Crippen LogP contribution in [0.15, 0.2) is 33.6 Å². The molecule has 0 aliphatic rings. The van der Waals surface area contributed by atoms with Crippen molar-refractivity contribution < 1.29 is 9.26 Å². The van der Waals surface area contributed by atoms with Crippen molar-refractivity contribution in [2.75, 3.05) is 13.7 Å². The highest BCUT2D eigenvalue weighted by molar-refractivity contribution is 5.74. The average Bonchev–Trinajstić information content (AvgIpc) is 3.02. The van der Waals surface area contributed by atoms with Crippen LogP contribution in [-0.4, -0.2) is 33.4 Å². The summed E-state index contributed by atoms with van der Waals surface area (Å²) in [6, 6.07) is 7.47. The van der Waals surface area contributed by atoms with Crippen LogP contribution in [-0.2, 0) is 17.7 Å². The van der Waals surface area contributed by atoms with Gasteiger partial charge in [0.1, 0.15) is 6.54 Å². The topological polar surface area (TPSA) is 85.9 Å². The van der Waals surface area contributed by atoms with Crippen LogP contribution in [0, 0.1) is 0 Å². The van der Waals surface area contributed by atoms with Gasteiger partial charge < -0.3 is 14.2 Å². The molecule has 3 aromatic rings. The van der Waals surface area contributed by atoms with E-state index < -0.39 is 0 Å². The van der Waals surface area contributed by atoms with E-state index in [1.165, 1.54) is 0 Å². The van der Waals surface area contributed by atoms with Gasteiger partial charge in [-0.05, 0) is 12.1 Å². The third kappa shape index (κ3) is 2.35. The lowest BCUT2D eigenvalue weighted by Gasteiger charge is -1.97. The quantitative estimate of drug-likeness (QED) is 0.748. The molecule has 0 saturated heterocycles. The lowest BCUT2D eigenvalue weighted by Crippen LogP contribution is -2.17. The molecule has 1 N–H and O–H groups in total. The molecule has 2 aromatic heterocycles. The predicted molar refractivity (Wildman–Crippen MR) is 71.5 cm³/mol. The van der Waals surface area contributed by atoms with Crippen molar-refractivity contribution in [3.8, 4) is 0 Å². The highest BCUT2D eigenvalue weighted by Crippen LogP contribution is 2.10. The SMILES string of the molecule is COCCc1noc(Cn2c(=O)[nH]c3ccccc32)n1. The van der Waals surface area contributed by atoms with Crippen molar-refractivity contribution >= 4 is 11.0 Å². The number of H-pyrrole nitrogens is 1. The number of nitrogens with one attached hydrogen (secondary N) is 1. The molecule has 0 aliphatic heterocycles. The van der Waals surface area contributed by atoms with Gasteiger partial charge in [0.2, 0.25) is 5.89 Å². The number of nitrogens with zero attached hydrogens (tertiary/aromatic N) is 3. The molecule has 7 heteroatoms. The number of benzene rings is 1. The molecular weight excluding hydrogens is 260 g/mol. The molecule has 0 spiro atoms. The van der Waals surface area contributed by atoms with E-state index in [2.05, 4.69) is 15.1 Å². The summed E-state index contributed by atoms with van der Waals surface area (Å²) >= 11 is 0. The van der Waals surface area contributed by atoms with Crippen LogP contribution >= 0.6 is 0 Å². The van der Waals surface area contributed by atoms with Crippen LogP contribution in [0.1, 0.15) is 11.7 Å². The van der Waals surface area contributed by atoms with E-state index >= 15 is 0 Å². The van der Waals surface area contributed by atoms with Crippen LogP contribution in [0.4, 0.5) is 0 Å². The lowest BCUT2D eigenvalue weighted by atomic mass is 10.3. The highest BCUT2D eigenvalue weighted by Gasteiger charge is 2.11. The molecule has 20 heavy (non-hydrogen) atoms. The number of aromatic nitrogens is 4. The number of methoxy groups -OCH3 is 1. The van der Waals surface area contributed by atoms with Crippen molar-refractivity contribution in [2.45, 2.75) is 13.0 Å². The van der Waals surface area contributed by atoms with Gasteiger partial charge in [-0.3, -0.25) is 4.57 Å². The van der Waals surface area contributed by atoms with Crippen LogP contribution in [0.25, 0.3) is 11.0 Å². The maximum atomic E-state index is 11.9. The summed E-state index contributed by atoms with van der Waals surface area (Å²) in [6.07, 6.45) is 0.586. The summed E-state index contributed by atoms with van der Waals surface area (Å²) in [7, 11) is 1.62. The Labute approximate surface area is 114 Å². The first-order valence-corrected chi connectivity index (χ1v) is 6.26. The summed E-state index contributed by atoms with van der Waals surface area (Å²) in [5.41, 5.74) is 1.41. The monoisotopic (exact) mass is 274 g/mol. The Balaban J connectivity index is 1.87. The van der Waals surface area contributed by atoms with Gasteiger partial charge in [0.05, 0.1) is 17.6 Å².